The summed E-state index contributed by atoms with van der Waals surface area (Å²) in [6.45, 7) is 10.6. The van der Waals surface area contributed by atoms with Crippen molar-refractivity contribution in [2.75, 3.05) is 31.6 Å². The van der Waals surface area contributed by atoms with Crippen LogP contribution < -0.4 is 5.32 Å². The van der Waals surface area contributed by atoms with E-state index in [2.05, 4.69) is 37.2 Å². The predicted molar refractivity (Wildman–Crippen MR) is 75.3 cm³/mol. The fourth-order valence-electron chi connectivity index (χ4n) is 2.44. The van der Waals surface area contributed by atoms with Crippen LogP contribution in [0.4, 0.5) is 0 Å². The van der Waals surface area contributed by atoms with E-state index < -0.39 is 0 Å². The van der Waals surface area contributed by atoms with Crippen molar-refractivity contribution in [2.24, 2.45) is 5.92 Å². The Kier molecular flexibility index (Phi) is 6.78. The van der Waals surface area contributed by atoms with E-state index in [4.69, 9.17) is 0 Å². The lowest BCUT2D eigenvalue weighted by Gasteiger charge is -2.26. The van der Waals surface area contributed by atoms with Crippen molar-refractivity contribution in [3.8, 4) is 0 Å². The van der Waals surface area contributed by atoms with Crippen molar-refractivity contribution < 1.29 is 0 Å². The van der Waals surface area contributed by atoms with Crippen LogP contribution in [0.2, 0.25) is 0 Å². The number of hydrogen-bond donors (Lipinski definition) is 1. The van der Waals surface area contributed by atoms with Gasteiger partial charge in [0.1, 0.15) is 0 Å². The quantitative estimate of drug-likeness (QED) is 0.740. The van der Waals surface area contributed by atoms with E-state index in [0.29, 0.717) is 6.04 Å². The number of rotatable bonds is 7. The molecule has 0 aromatic rings. The maximum atomic E-state index is 3.57. The van der Waals surface area contributed by atoms with Gasteiger partial charge in [-0.2, -0.15) is 11.8 Å². The third-order valence-electron chi connectivity index (χ3n) is 3.48. The second-order valence-electron chi connectivity index (χ2n) is 5.23. The monoisotopic (exact) mass is 244 g/mol. The first kappa shape index (κ1) is 14.3. The molecule has 0 aromatic carbocycles. The maximum absolute atomic E-state index is 3.57. The van der Waals surface area contributed by atoms with Gasteiger partial charge in [-0.15, -0.1) is 0 Å². The van der Waals surface area contributed by atoms with Gasteiger partial charge in [-0.1, -0.05) is 20.8 Å². The van der Waals surface area contributed by atoms with Crippen LogP contribution in [0.1, 0.15) is 33.6 Å². The summed E-state index contributed by atoms with van der Waals surface area (Å²) in [6.07, 6.45) is 4.90. The Bertz CT molecular complexity index is 185. The van der Waals surface area contributed by atoms with Crippen LogP contribution in [0.15, 0.2) is 0 Å². The van der Waals surface area contributed by atoms with Gasteiger partial charge in [0.25, 0.3) is 0 Å². The lowest BCUT2D eigenvalue weighted by molar-refractivity contribution is 0.246. The Balaban J connectivity index is 2.27. The molecule has 1 rings (SSSR count). The van der Waals surface area contributed by atoms with E-state index in [9.17, 15) is 0 Å². The van der Waals surface area contributed by atoms with Crippen LogP contribution in [0.25, 0.3) is 0 Å². The lowest BCUT2D eigenvalue weighted by atomic mass is 10.1. The second-order valence-corrected chi connectivity index (χ2v) is 6.14. The summed E-state index contributed by atoms with van der Waals surface area (Å²) in [5.74, 6) is 2.17. The minimum absolute atomic E-state index is 0.627. The Morgan fingerprint density at radius 1 is 1.44 bits per heavy atom. The summed E-state index contributed by atoms with van der Waals surface area (Å²) in [5, 5.41) is 3.57. The van der Waals surface area contributed by atoms with Crippen molar-refractivity contribution in [3.05, 3.63) is 0 Å². The van der Waals surface area contributed by atoms with Gasteiger partial charge in [0.2, 0.25) is 0 Å². The molecule has 1 fully saturated rings. The summed E-state index contributed by atoms with van der Waals surface area (Å²) in [7, 11) is 0. The molecule has 2 atom stereocenters. The smallest absolute Gasteiger partial charge is 0.0183 e. The topological polar surface area (TPSA) is 15.3 Å². The SMILES string of the molecule is CCC(CSC)N1CCC(CNC(C)C)C1. The molecule has 1 N–H and O–H groups in total. The molecule has 0 amide bonds. The van der Waals surface area contributed by atoms with Gasteiger partial charge in [0.15, 0.2) is 0 Å². The van der Waals surface area contributed by atoms with E-state index in [1.807, 2.05) is 11.8 Å². The highest BCUT2D eigenvalue weighted by molar-refractivity contribution is 7.98. The number of likely N-dealkylation sites (tertiary alicyclic amines) is 1. The molecule has 0 bridgehead atoms. The van der Waals surface area contributed by atoms with Gasteiger partial charge in [0.05, 0.1) is 0 Å². The summed E-state index contributed by atoms with van der Waals surface area (Å²) in [4.78, 5) is 2.70. The molecule has 1 aliphatic heterocycles. The average molecular weight is 244 g/mol. The minimum Gasteiger partial charge on any atom is -0.314 e. The van der Waals surface area contributed by atoms with Crippen molar-refractivity contribution in [1.29, 1.82) is 0 Å². The van der Waals surface area contributed by atoms with Gasteiger partial charge in [0, 0.05) is 24.4 Å². The molecule has 0 spiro atoms. The van der Waals surface area contributed by atoms with Gasteiger partial charge in [-0.25, -0.2) is 0 Å². The van der Waals surface area contributed by atoms with Gasteiger partial charge in [-0.05, 0) is 38.1 Å². The molecule has 1 saturated heterocycles. The fourth-order valence-corrected chi connectivity index (χ4v) is 3.27. The first-order valence-corrected chi connectivity index (χ1v) is 8.03. The van der Waals surface area contributed by atoms with E-state index in [-0.39, 0.29) is 0 Å². The first-order chi connectivity index (χ1) is 7.67. The molecule has 0 aliphatic carbocycles. The summed E-state index contributed by atoms with van der Waals surface area (Å²) >= 11 is 1.98. The highest BCUT2D eigenvalue weighted by atomic mass is 32.2. The second kappa shape index (κ2) is 7.57. The summed E-state index contributed by atoms with van der Waals surface area (Å²) in [5.41, 5.74) is 0. The zero-order valence-corrected chi connectivity index (χ0v) is 12.1. The molecule has 16 heavy (non-hydrogen) atoms. The molecular formula is C13H28N2S. The molecule has 2 nitrogen and oxygen atoms in total. The predicted octanol–water partition coefficient (Wildman–Crippen LogP) is 2.45. The van der Waals surface area contributed by atoms with E-state index in [1.54, 1.807) is 0 Å². The summed E-state index contributed by atoms with van der Waals surface area (Å²) < 4.78 is 0. The maximum Gasteiger partial charge on any atom is 0.0183 e. The lowest BCUT2D eigenvalue weighted by Crippen LogP contribution is -2.36. The molecule has 1 heterocycles. The normalized spacial score (nSPS) is 24.2. The van der Waals surface area contributed by atoms with Crippen LogP contribution >= 0.6 is 11.8 Å². The Labute approximate surface area is 106 Å². The van der Waals surface area contributed by atoms with E-state index in [1.165, 1.54) is 38.2 Å². The van der Waals surface area contributed by atoms with Crippen LogP contribution in [0.5, 0.6) is 0 Å². The zero-order chi connectivity index (χ0) is 12.0. The first-order valence-electron chi connectivity index (χ1n) is 6.63. The summed E-state index contributed by atoms with van der Waals surface area (Å²) in [6, 6.07) is 1.43. The highest BCUT2D eigenvalue weighted by Gasteiger charge is 2.26. The molecule has 1 aliphatic rings. The third kappa shape index (κ3) is 4.64. The molecule has 96 valence electrons. The van der Waals surface area contributed by atoms with Crippen LogP contribution in [0.3, 0.4) is 0 Å². The Morgan fingerprint density at radius 2 is 2.19 bits per heavy atom. The number of thioether (sulfide) groups is 1. The van der Waals surface area contributed by atoms with Crippen molar-refractivity contribution in [1.82, 2.24) is 10.2 Å². The third-order valence-corrected chi connectivity index (χ3v) is 4.20. The van der Waals surface area contributed by atoms with Crippen molar-refractivity contribution >= 4 is 11.8 Å². The number of nitrogens with one attached hydrogen (secondary N) is 1. The van der Waals surface area contributed by atoms with Crippen LogP contribution in [0, 0.1) is 5.92 Å². The van der Waals surface area contributed by atoms with Crippen molar-refractivity contribution in [2.45, 2.75) is 45.7 Å². The Hall–Kier alpha value is 0.270. The minimum atomic E-state index is 0.627. The largest absolute Gasteiger partial charge is 0.314 e. The zero-order valence-electron chi connectivity index (χ0n) is 11.3. The van der Waals surface area contributed by atoms with E-state index in [0.717, 1.165) is 12.0 Å². The molecule has 3 heteroatoms. The molecule has 0 radical (unpaired) electrons. The molecule has 0 aromatic heterocycles. The van der Waals surface area contributed by atoms with Crippen LogP contribution in [-0.2, 0) is 0 Å². The fraction of sp³-hybridized carbons (Fsp3) is 1.00. The number of nitrogens with zero attached hydrogens (tertiary/aromatic N) is 1. The van der Waals surface area contributed by atoms with Gasteiger partial charge < -0.3 is 5.32 Å². The van der Waals surface area contributed by atoms with E-state index >= 15 is 0 Å². The van der Waals surface area contributed by atoms with Gasteiger partial charge >= 0.3 is 0 Å². The molecular weight excluding hydrogens is 216 g/mol. The molecule has 0 saturated carbocycles. The average Bonchev–Trinajstić information content (AvgIpc) is 2.71. The standard InChI is InChI=1S/C13H28N2S/c1-5-13(10-16-4)15-7-6-12(9-15)8-14-11(2)3/h11-14H,5-10H2,1-4H3. The number of hydrogen-bond acceptors (Lipinski definition) is 3. The highest BCUT2D eigenvalue weighted by Crippen LogP contribution is 2.21. The molecule has 2 unspecified atom stereocenters. The van der Waals surface area contributed by atoms with Crippen molar-refractivity contribution in [3.63, 3.8) is 0 Å². The van der Waals surface area contributed by atoms with Crippen LogP contribution in [-0.4, -0.2) is 48.6 Å². The Morgan fingerprint density at radius 3 is 2.75 bits per heavy atom. The van der Waals surface area contributed by atoms with Gasteiger partial charge in [-0.3, -0.25) is 4.90 Å².